The molecule has 2 aliphatic heterocycles. The van der Waals surface area contributed by atoms with Gasteiger partial charge in [0.2, 0.25) is 0 Å². The van der Waals surface area contributed by atoms with Crippen LogP contribution in [0.15, 0.2) is 0 Å². The van der Waals surface area contributed by atoms with E-state index >= 15 is 0 Å². The Labute approximate surface area is 94.6 Å². The first-order valence-corrected chi connectivity index (χ1v) is 6.39. The standard InChI is InChI=1S/C13H26N2/c1-13(2,3)11-5-7-15(8-6-11)12-9-14(4)10-12/h11-12H,5-10H2,1-4H3. The SMILES string of the molecule is CN1CC(N2CCC(C(C)(C)C)CC2)C1. The lowest BCUT2D eigenvalue weighted by Gasteiger charge is -2.48. The molecule has 0 aliphatic carbocycles. The Hall–Kier alpha value is -0.0800. The minimum atomic E-state index is 0.516. The summed E-state index contributed by atoms with van der Waals surface area (Å²) in [6.07, 6.45) is 2.81. The molecule has 0 aromatic carbocycles. The molecule has 0 aromatic heterocycles. The monoisotopic (exact) mass is 210 g/mol. The first-order chi connectivity index (χ1) is 6.97. The van der Waals surface area contributed by atoms with Crippen molar-refractivity contribution in [2.24, 2.45) is 11.3 Å². The minimum absolute atomic E-state index is 0.516. The van der Waals surface area contributed by atoms with Crippen molar-refractivity contribution in [2.75, 3.05) is 33.2 Å². The van der Waals surface area contributed by atoms with E-state index in [4.69, 9.17) is 0 Å². The lowest BCUT2D eigenvalue weighted by molar-refractivity contribution is 0.0136. The third-order valence-corrected chi connectivity index (χ3v) is 4.32. The van der Waals surface area contributed by atoms with E-state index in [1.807, 2.05) is 0 Å². The highest BCUT2D eigenvalue weighted by Gasteiger charge is 2.34. The molecule has 2 nitrogen and oxygen atoms in total. The van der Waals surface area contributed by atoms with Gasteiger partial charge in [0.05, 0.1) is 0 Å². The van der Waals surface area contributed by atoms with Crippen LogP contribution in [0.4, 0.5) is 0 Å². The summed E-state index contributed by atoms with van der Waals surface area (Å²) in [5.41, 5.74) is 0.516. The van der Waals surface area contributed by atoms with Crippen LogP contribution >= 0.6 is 0 Å². The molecule has 0 amide bonds. The maximum atomic E-state index is 2.71. The molecule has 0 radical (unpaired) electrons. The van der Waals surface area contributed by atoms with E-state index in [9.17, 15) is 0 Å². The lowest BCUT2D eigenvalue weighted by atomic mass is 9.75. The number of hydrogen-bond acceptors (Lipinski definition) is 2. The summed E-state index contributed by atoms with van der Waals surface area (Å²) < 4.78 is 0. The number of nitrogens with zero attached hydrogens (tertiary/aromatic N) is 2. The Bertz CT molecular complexity index is 205. The summed E-state index contributed by atoms with van der Waals surface area (Å²) in [4.78, 5) is 5.13. The number of likely N-dealkylation sites (N-methyl/N-ethyl adjacent to an activating group) is 1. The van der Waals surface area contributed by atoms with Gasteiger partial charge in [0, 0.05) is 19.1 Å². The van der Waals surface area contributed by atoms with Crippen LogP contribution in [0.3, 0.4) is 0 Å². The second-order valence-electron chi connectivity index (χ2n) is 6.55. The molecular weight excluding hydrogens is 184 g/mol. The first kappa shape index (κ1) is 11.4. The van der Waals surface area contributed by atoms with E-state index in [0.717, 1.165) is 12.0 Å². The highest BCUT2D eigenvalue weighted by molar-refractivity contribution is 4.90. The van der Waals surface area contributed by atoms with Gasteiger partial charge in [0.25, 0.3) is 0 Å². The molecule has 0 N–H and O–H groups in total. The summed E-state index contributed by atoms with van der Waals surface area (Å²) in [6, 6.07) is 0.871. The molecule has 2 heteroatoms. The fourth-order valence-electron chi connectivity index (χ4n) is 3.03. The largest absolute Gasteiger partial charge is 0.303 e. The van der Waals surface area contributed by atoms with Crippen LogP contribution in [-0.4, -0.2) is 49.1 Å². The summed E-state index contributed by atoms with van der Waals surface area (Å²) in [6.45, 7) is 12.4. The Kier molecular flexibility index (Phi) is 3.09. The molecule has 88 valence electrons. The maximum absolute atomic E-state index is 2.71. The number of likely N-dealkylation sites (tertiary alicyclic amines) is 2. The Morgan fingerprint density at radius 1 is 1.00 bits per heavy atom. The molecule has 2 fully saturated rings. The van der Waals surface area contributed by atoms with Crippen LogP contribution in [0.5, 0.6) is 0 Å². The predicted octanol–water partition coefficient (Wildman–Crippen LogP) is 2.06. The summed E-state index contributed by atoms with van der Waals surface area (Å²) in [5, 5.41) is 0. The lowest BCUT2D eigenvalue weighted by Crippen LogP contribution is -2.59. The first-order valence-electron chi connectivity index (χ1n) is 6.39. The van der Waals surface area contributed by atoms with Gasteiger partial charge in [-0.05, 0) is 44.3 Å². The molecule has 0 spiro atoms. The van der Waals surface area contributed by atoms with Gasteiger partial charge in [-0.1, -0.05) is 20.8 Å². The van der Waals surface area contributed by atoms with Crippen LogP contribution in [0, 0.1) is 11.3 Å². The molecule has 2 saturated heterocycles. The maximum Gasteiger partial charge on any atom is 0.0350 e. The fraction of sp³-hybridized carbons (Fsp3) is 1.00. The van der Waals surface area contributed by atoms with Crippen molar-refractivity contribution in [2.45, 2.75) is 39.7 Å². The van der Waals surface area contributed by atoms with Crippen LogP contribution < -0.4 is 0 Å². The van der Waals surface area contributed by atoms with Gasteiger partial charge < -0.3 is 4.90 Å². The zero-order chi connectivity index (χ0) is 11.1. The van der Waals surface area contributed by atoms with Gasteiger partial charge in [-0.15, -0.1) is 0 Å². The highest BCUT2D eigenvalue weighted by Crippen LogP contribution is 2.35. The van der Waals surface area contributed by atoms with Crippen molar-refractivity contribution in [3.05, 3.63) is 0 Å². The molecule has 2 aliphatic rings. The van der Waals surface area contributed by atoms with Crippen molar-refractivity contribution in [1.29, 1.82) is 0 Å². The molecule has 2 rings (SSSR count). The van der Waals surface area contributed by atoms with Gasteiger partial charge in [-0.2, -0.15) is 0 Å². The van der Waals surface area contributed by atoms with Crippen LogP contribution in [0.1, 0.15) is 33.6 Å². The van der Waals surface area contributed by atoms with Crippen LogP contribution in [-0.2, 0) is 0 Å². The molecular formula is C13H26N2. The molecule has 0 bridgehead atoms. The smallest absolute Gasteiger partial charge is 0.0350 e. The van der Waals surface area contributed by atoms with Gasteiger partial charge >= 0.3 is 0 Å². The van der Waals surface area contributed by atoms with Crippen molar-refractivity contribution in [1.82, 2.24) is 9.80 Å². The molecule has 2 heterocycles. The van der Waals surface area contributed by atoms with E-state index in [1.54, 1.807) is 0 Å². The summed E-state index contributed by atoms with van der Waals surface area (Å²) >= 11 is 0. The third kappa shape index (κ3) is 2.54. The van der Waals surface area contributed by atoms with Crippen LogP contribution in [0.2, 0.25) is 0 Å². The minimum Gasteiger partial charge on any atom is -0.303 e. The van der Waals surface area contributed by atoms with E-state index in [-0.39, 0.29) is 0 Å². The molecule has 0 atom stereocenters. The highest BCUT2D eigenvalue weighted by atomic mass is 15.3. The van der Waals surface area contributed by atoms with E-state index < -0.39 is 0 Å². The second-order valence-corrected chi connectivity index (χ2v) is 6.55. The van der Waals surface area contributed by atoms with Gasteiger partial charge in [0.15, 0.2) is 0 Å². The predicted molar refractivity (Wildman–Crippen MR) is 65.0 cm³/mol. The summed E-state index contributed by atoms with van der Waals surface area (Å²) in [5.74, 6) is 0.937. The van der Waals surface area contributed by atoms with Crippen LogP contribution in [0.25, 0.3) is 0 Å². The van der Waals surface area contributed by atoms with Crippen molar-refractivity contribution < 1.29 is 0 Å². The number of hydrogen-bond donors (Lipinski definition) is 0. The fourth-order valence-corrected chi connectivity index (χ4v) is 3.03. The average Bonchev–Trinajstić information content (AvgIpc) is 2.12. The Balaban J connectivity index is 1.77. The van der Waals surface area contributed by atoms with E-state index in [2.05, 4.69) is 37.6 Å². The third-order valence-electron chi connectivity index (χ3n) is 4.32. The van der Waals surface area contributed by atoms with Gasteiger partial charge in [0.1, 0.15) is 0 Å². The number of piperidine rings is 1. The number of rotatable bonds is 1. The zero-order valence-electron chi connectivity index (χ0n) is 10.8. The summed E-state index contributed by atoms with van der Waals surface area (Å²) in [7, 11) is 2.22. The topological polar surface area (TPSA) is 6.48 Å². The molecule has 0 unspecified atom stereocenters. The Morgan fingerprint density at radius 3 is 1.93 bits per heavy atom. The quantitative estimate of drug-likeness (QED) is 0.653. The van der Waals surface area contributed by atoms with Crippen molar-refractivity contribution in [3.63, 3.8) is 0 Å². The molecule has 0 saturated carbocycles. The Morgan fingerprint density at radius 2 is 1.53 bits per heavy atom. The van der Waals surface area contributed by atoms with Gasteiger partial charge in [-0.3, -0.25) is 4.90 Å². The van der Waals surface area contributed by atoms with E-state index in [1.165, 1.54) is 39.0 Å². The van der Waals surface area contributed by atoms with Crippen molar-refractivity contribution >= 4 is 0 Å². The van der Waals surface area contributed by atoms with Gasteiger partial charge in [-0.25, -0.2) is 0 Å². The normalized spacial score (nSPS) is 28.0. The molecule has 0 aromatic rings. The second kappa shape index (κ2) is 4.06. The van der Waals surface area contributed by atoms with Crippen molar-refractivity contribution in [3.8, 4) is 0 Å². The molecule has 15 heavy (non-hydrogen) atoms. The van der Waals surface area contributed by atoms with E-state index in [0.29, 0.717) is 5.41 Å². The zero-order valence-corrected chi connectivity index (χ0v) is 10.8. The average molecular weight is 210 g/mol.